The zero-order valence-corrected chi connectivity index (χ0v) is 22.8. The number of benzene rings is 1. The number of aromatic carboxylic acids is 1. The van der Waals surface area contributed by atoms with Crippen LogP contribution in [0.15, 0.2) is 47.8 Å². The molecule has 1 aromatic carbocycles. The summed E-state index contributed by atoms with van der Waals surface area (Å²) in [6.45, 7) is 2.18. The standard InChI is InChI=1S/C25H23ClN2O3S4/c26-23-20(9-13-33-23)5-4-18-2-1-3-19(16-18)17-32-14-11-27-12-15-34-25(31)28(27)10-8-21-6-7-22(35-21)24(29)30/h1-3,6-7,9,13,16H,8,10-12,14-15,17H2,(H,29,30). The Balaban J connectivity index is 1.26. The molecule has 1 saturated heterocycles. The van der Waals surface area contributed by atoms with E-state index >= 15 is 0 Å². The molecule has 0 atom stereocenters. The average Bonchev–Trinajstić information content (AvgIpc) is 3.49. The highest BCUT2D eigenvalue weighted by Gasteiger charge is 2.26. The van der Waals surface area contributed by atoms with Crippen LogP contribution in [0.1, 0.15) is 31.2 Å². The van der Waals surface area contributed by atoms with Gasteiger partial charge in [0.25, 0.3) is 5.24 Å². The van der Waals surface area contributed by atoms with Crippen molar-refractivity contribution in [3.8, 4) is 11.8 Å². The highest BCUT2D eigenvalue weighted by molar-refractivity contribution is 8.13. The Morgan fingerprint density at radius 1 is 1.17 bits per heavy atom. The first-order valence-electron chi connectivity index (χ1n) is 10.9. The van der Waals surface area contributed by atoms with Gasteiger partial charge in [0.2, 0.25) is 0 Å². The van der Waals surface area contributed by atoms with E-state index in [-0.39, 0.29) is 5.24 Å². The summed E-state index contributed by atoms with van der Waals surface area (Å²) in [7, 11) is 0. The van der Waals surface area contributed by atoms with Crippen molar-refractivity contribution in [1.29, 1.82) is 0 Å². The van der Waals surface area contributed by atoms with Gasteiger partial charge in [-0.3, -0.25) is 9.80 Å². The first-order valence-corrected chi connectivity index (χ1v) is 15.1. The van der Waals surface area contributed by atoms with Crippen LogP contribution in [-0.4, -0.2) is 57.5 Å². The number of carboxylic acids is 1. The van der Waals surface area contributed by atoms with E-state index in [0.717, 1.165) is 46.4 Å². The predicted octanol–water partition coefficient (Wildman–Crippen LogP) is 6.42. The number of hydrazine groups is 1. The molecule has 0 spiro atoms. The number of rotatable bonds is 9. The Morgan fingerprint density at radius 2 is 2.06 bits per heavy atom. The fourth-order valence-electron chi connectivity index (χ4n) is 3.48. The fraction of sp³-hybridized carbons (Fsp3) is 0.280. The molecule has 0 bridgehead atoms. The minimum Gasteiger partial charge on any atom is -0.477 e. The van der Waals surface area contributed by atoms with Gasteiger partial charge in [-0.1, -0.05) is 47.3 Å². The molecular weight excluding hydrogens is 540 g/mol. The molecule has 10 heteroatoms. The van der Waals surface area contributed by atoms with Crippen molar-refractivity contribution >= 4 is 69.0 Å². The SMILES string of the molecule is O=C(O)c1ccc(CCN2C(=O)SCCN2CCSCc2cccc(C#Cc3ccsc3Cl)c2)s1. The van der Waals surface area contributed by atoms with E-state index in [9.17, 15) is 9.59 Å². The van der Waals surface area contributed by atoms with Gasteiger partial charge in [-0.2, -0.15) is 11.8 Å². The molecule has 2 aromatic heterocycles. The lowest BCUT2D eigenvalue weighted by Crippen LogP contribution is -2.51. The van der Waals surface area contributed by atoms with Crippen molar-refractivity contribution < 1.29 is 14.7 Å². The summed E-state index contributed by atoms with van der Waals surface area (Å²) in [6, 6.07) is 13.6. The molecule has 3 aromatic rings. The maximum atomic E-state index is 12.5. The quantitative estimate of drug-likeness (QED) is 0.240. The first kappa shape index (κ1) is 26.1. The number of thiophene rings is 2. The molecular formula is C25H23ClN2O3S4. The summed E-state index contributed by atoms with van der Waals surface area (Å²) in [4.78, 5) is 24.9. The molecule has 4 rings (SSSR count). The van der Waals surface area contributed by atoms with Crippen LogP contribution in [0.4, 0.5) is 4.79 Å². The molecule has 5 nitrogen and oxygen atoms in total. The molecule has 1 aliphatic rings. The van der Waals surface area contributed by atoms with Crippen LogP contribution in [-0.2, 0) is 12.2 Å². The van der Waals surface area contributed by atoms with E-state index in [0.29, 0.717) is 22.2 Å². The lowest BCUT2D eigenvalue weighted by Gasteiger charge is -2.37. The van der Waals surface area contributed by atoms with Gasteiger partial charge in [0.15, 0.2) is 0 Å². The largest absolute Gasteiger partial charge is 0.477 e. The van der Waals surface area contributed by atoms with Crippen molar-refractivity contribution in [2.75, 3.05) is 31.1 Å². The molecule has 1 aliphatic heterocycles. The Hall–Kier alpha value is -1.93. The molecule has 0 radical (unpaired) electrons. The maximum absolute atomic E-state index is 12.5. The summed E-state index contributed by atoms with van der Waals surface area (Å²) >= 11 is 12.1. The third kappa shape index (κ3) is 7.53. The van der Waals surface area contributed by atoms with Gasteiger partial charge in [-0.05, 0) is 41.3 Å². The van der Waals surface area contributed by atoms with Crippen LogP contribution in [0.2, 0.25) is 4.34 Å². The molecule has 3 heterocycles. The van der Waals surface area contributed by atoms with Crippen molar-refractivity contribution in [1.82, 2.24) is 10.0 Å². The van der Waals surface area contributed by atoms with Gasteiger partial charge in [0.05, 0.1) is 5.56 Å². The third-order valence-corrected chi connectivity index (χ3v) is 9.37. The van der Waals surface area contributed by atoms with Crippen LogP contribution < -0.4 is 0 Å². The topological polar surface area (TPSA) is 60.9 Å². The third-order valence-electron chi connectivity index (χ3n) is 5.22. The normalized spacial score (nSPS) is 14.1. The number of carboxylic acid groups (broad SMARTS) is 1. The number of carbonyl (C=O) groups excluding carboxylic acids is 1. The number of nitrogens with zero attached hydrogens (tertiary/aromatic N) is 2. The van der Waals surface area contributed by atoms with Crippen molar-refractivity contribution in [3.63, 3.8) is 0 Å². The van der Waals surface area contributed by atoms with Crippen molar-refractivity contribution in [2.24, 2.45) is 0 Å². The van der Waals surface area contributed by atoms with Gasteiger partial charge in [-0.15, -0.1) is 22.7 Å². The van der Waals surface area contributed by atoms with E-state index in [1.54, 1.807) is 6.07 Å². The summed E-state index contributed by atoms with van der Waals surface area (Å²) in [5, 5.41) is 15.1. The maximum Gasteiger partial charge on any atom is 0.345 e. The first-order chi connectivity index (χ1) is 17.0. The summed E-state index contributed by atoms with van der Waals surface area (Å²) < 4.78 is 0.716. The zero-order valence-electron chi connectivity index (χ0n) is 18.7. The number of thioether (sulfide) groups is 2. The van der Waals surface area contributed by atoms with E-state index in [1.165, 1.54) is 40.0 Å². The van der Waals surface area contributed by atoms with E-state index < -0.39 is 5.97 Å². The van der Waals surface area contributed by atoms with E-state index in [1.807, 2.05) is 46.4 Å². The highest BCUT2D eigenvalue weighted by atomic mass is 35.5. The number of carbonyl (C=O) groups is 2. The van der Waals surface area contributed by atoms with Crippen LogP contribution >= 0.6 is 57.8 Å². The molecule has 182 valence electrons. The number of hydrogen-bond donors (Lipinski definition) is 1. The Labute approximate surface area is 226 Å². The second kappa shape index (κ2) is 12.9. The number of hydrogen-bond acceptors (Lipinski definition) is 7. The minimum absolute atomic E-state index is 0.0632. The predicted molar refractivity (Wildman–Crippen MR) is 149 cm³/mol. The van der Waals surface area contributed by atoms with Crippen LogP contribution in [0.3, 0.4) is 0 Å². The molecule has 35 heavy (non-hydrogen) atoms. The second-order valence-corrected chi connectivity index (χ2v) is 12.5. The monoisotopic (exact) mass is 562 g/mol. The smallest absolute Gasteiger partial charge is 0.345 e. The zero-order chi connectivity index (χ0) is 24.6. The highest BCUT2D eigenvalue weighted by Crippen LogP contribution is 2.23. The van der Waals surface area contributed by atoms with Crippen molar-refractivity contribution in [3.05, 3.63) is 78.6 Å². The molecule has 1 amide bonds. The van der Waals surface area contributed by atoms with E-state index in [4.69, 9.17) is 16.7 Å². The van der Waals surface area contributed by atoms with Gasteiger partial charge < -0.3 is 5.11 Å². The number of amides is 1. The minimum atomic E-state index is -0.908. The summed E-state index contributed by atoms with van der Waals surface area (Å²) in [5.41, 5.74) is 3.04. The molecule has 1 fully saturated rings. The lowest BCUT2D eigenvalue weighted by atomic mass is 10.1. The average molecular weight is 563 g/mol. The molecule has 0 aliphatic carbocycles. The number of halogens is 1. The van der Waals surface area contributed by atoms with Crippen molar-refractivity contribution in [2.45, 2.75) is 12.2 Å². The van der Waals surface area contributed by atoms with Crippen LogP contribution in [0.5, 0.6) is 0 Å². The van der Waals surface area contributed by atoms with Gasteiger partial charge in [0, 0.05) is 53.8 Å². The Kier molecular flexibility index (Phi) is 9.60. The van der Waals surface area contributed by atoms with E-state index in [2.05, 4.69) is 29.0 Å². The second-order valence-electron chi connectivity index (χ2n) is 7.62. The summed E-state index contributed by atoms with van der Waals surface area (Å²) in [5.74, 6) is 7.98. The van der Waals surface area contributed by atoms with Crippen LogP contribution in [0, 0.1) is 11.8 Å². The fourth-order valence-corrected chi connectivity index (χ4v) is 6.88. The molecule has 0 saturated carbocycles. The van der Waals surface area contributed by atoms with Gasteiger partial charge in [0.1, 0.15) is 9.21 Å². The van der Waals surface area contributed by atoms with Crippen LogP contribution in [0.25, 0.3) is 0 Å². The van der Waals surface area contributed by atoms with Gasteiger partial charge in [-0.25, -0.2) is 9.80 Å². The van der Waals surface area contributed by atoms with Gasteiger partial charge >= 0.3 is 5.97 Å². The molecule has 0 unspecified atom stereocenters. The Bertz CT molecular complexity index is 1250. The summed E-state index contributed by atoms with van der Waals surface area (Å²) in [6.07, 6.45) is 0.651. The molecule has 1 N–H and O–H groups in total. The Morgan fingerprint density at radius 3 is 2.83 bits per heavy atom. The lowest BCUT2D eigenvalue weighted by molar-refractivity contribution is 0.0349.